The summed E-state index contributed by atoms with van der Waals surface area (Å²) in [5.74, 6) is -0.0226. The van der Waals surface area contributed by atoms with Gasteiger partial charge in [-0.15, -0.1) is 12.4 Å². The minimum atomic E-state index is -0.407. The van der Waals surface area contributed by atoms with E-state index in [1.807, 2.05) is 6.92 Å². The predicted molar refractivity (Wildman–Crippen MR) is 77.8 cm³/mol. The molecular formula is C13H27ClN2O3. The lowest BCUT2D eigenvalue weighted by atomic mass is 10.0. The number of hydrogen-bond acceptors (Lipinski definition) is 4. The van der Waals surface area contributed by atoms with Crippen LogP contribution in [0.4, 0.5) is 0 Å². The number of ether oxygens (including phenoxy) is 2. The first kappa shape index (κ1) is 18.6. The molecule has 2 N–H and O–H groups in total. The van der Waals surface area contributed by atoms with Gasteiger partial charge in [-0.3, -0.25) is 4.79 Å². The highest BCUT2D eigenvalue weighted by molar-refractivity contribution is 5.85. The van der Waals surface area contributed by atoms with Crippen LogP contribution in [0.1, 0.15) is 33.6 Å². The van der Waals surface area contributed by atoms with Crippen LogP contribution in [0.25, 0.3) is 0 Å². The van der Waals surface area contributed by atoms with Crippen molar-refractivity contribution in [2.45, 2.75) is 51.8 Å². The highest BCUT2D eigenvalue weighted by atomic mass is 35.5. The van der Waals surface area contributed by atoms with Gasteiger partial charge in [-0.1, -0.05) is 0 Å². The number of hydrogen-bond donors (Lipinski definition) is 2. The lowest BCUT2D eigenvalue weighted by Gasteiger charge is -2.29. The van der Waals surface area contributed by atoms with Crippen LogP contribution >= 0.6 is 12.4 Å². The van der Waals surface area contributed by atoms with Crippen LogP contribution in [-0.2, 0) is 14.3 Å². The van der Waals surface area contributed by atoms with Crippen LogP contribution in [0.5, 0.6) is 0 Å². The van der Waals surface area contributed by atoms with Crippen LogP contribution in [-0.4, -0.2) is 50.5 Å². The summed E-state index contributed by atoms with van der Waals surface area (Å²) in [7, 11) is 0. The molecule has 3 unspecified atom stereocenters. The van der Waals surface area contributed by atoms with E-state index in [1.54, 1.807) is 6.92 Å². The number of rotatable bonds is 7. The highest BCUT2D eigenvalue weighted by Gasteiger charge is 2.22. The number of piperidine rings is 1. The van der Waals surface area contributed by atoms with Gasteiger partial charge >= 0.3 is 0 Å². The fourth-order valence-corrected chi connectivity index (χ4v) is 2.09. The summed E-state index contributed by atoms with van der Waals surface area (Å²) in [6.07, 6.45) is 1.56. The van der Waals surface area contributed by atoms with Gasteiger partial charge in [-0.2, -0.15) is 0 Å². The minimum absolute atomic E-state index is 0. The Morgan fingerprint density at radius 3 is 2.84 bits per heavy atom. The SMILES string of the molecule is CCOCCOC(C)C(=O)NC1CCNC(C)C1.Cl. The number of amides is 1. The molecule has 1 aliphatic heterocycles. The standard InChI is InChI=1S/C13H26N2O3.ClH/c1-4-17-7-8-18-11(3)13(16)15-12-5-6-14-10(2)9-12;/h10-12,14H,4-9H2,1-3H3,(H,15,16);1H. The zero-order chi connectivity index (χ0) is 13.4. The number of carbonyl (C=O) groups is 1. The molecule has 114 valence electrons. The van der Waals surface area contributed by atoms with Gasteiger partial charge in [0.05, 0.1) is 13.2 Å². The molecule has 5 nitrogen and oxygen atoms in total. The Kier molecular flexibility index (Phi) is 10.2. The van der Waals surface area contributed by atoms with E-state index in [4.69, 9.17) is 9.47 Å². The van der Waals surface area contributed by atoms with Crippen LogP contribution < -0.4 is 10.6 Å². The summed E-state index contributed by atoms with van der Waals surface area (Å²) in [5.41, 5.74) is 0. The third-order valence-electron chi connectivity index (χ3n) is 3.14. The third kappa shape index (κ3) is 7.72. The van der Waals surface area contributed by atoms with Crippen molar-refractivity contribution in [3.8, 4) is 0 Å². The van der Waals surface area contributed by atoms with E-state index >= 15 is 0 Å². The van der Waals surface area contributed by atoms with Gasteiger partial charge in [0.25, 0.3) is 0 Å². The molecule has 1 amide bonds. The molecule has 0 aliphatic carbocycles. The Bertz CT molecular complexity index is 254. The molecule has 1 heterocycles. The van der Waals surface area contributed by atoms with Gasteiger partial charge in [-0.25, -0.2) is 0 Å². The normalized spacial score (nSPS) is 24.4. The van der Waals surface area contributed by atoms with E-state index in [0.29, 0.717) is 25.9 Å². The maximum Gasteiger partial charge on any atom is 0.249 e. The van der Waals surface area contributed by atoms with Crippen LogP contribution in [0.3, 0.4) is 0 Å². The van der Waals surface area contributed by atoms with Gasteiger partial charge < -0.3 is 20.1 Å². The summed E-state index contributed by atoms with van der Waals surface area (Å²) >= 11 is 0. The Balaban J connectivity index is 0.00000324. The average Bonchev–Trinajstić information content (AvgIpc) is 2.34. The number of carbonyl (C=O) groups excluding carboxylic acids is 1. The third-order valence-corrected chi connectivity index (χ3v) is 3.14. The molecular weight excluding hydrogens is 268 g/mol. The van der Waals surface area contributed by atoms with Crippen LogP contribution in [0.2, 0.25) is 0 Å². The molecule has 1 fully saturated rings. The molecule has 3 atom stereocenters. The first-order valence-electron chi connectivity index (χ1n) is 6.86. The van der Waals surface area contributed by atoms with E-state index < -0.39 is 6.10 Å². The molecule has 1 aliphatic rings. The van der Waals surface area contributed by atoms with Crippen molar-refractivity contribution >= 4 is 18.3 Å². The summed E-state index contributed by atoms with van der Waals surface area (Å²) in [5, 5.41) is 6.41. The molecule has 0 spiro atoms. The van der Waals surface area contributed by atoms with Gasteiger partial charge in [0.2, 0.25) is 5.91 Å². The van der Waals surface area contributed by atoms with Crippen molar-refractivity contribution in [2.75, 3.05) is 26.4 Å². The maximum absolute atomic E-state index is 11.9. The van der Waals surface area contributed by atoms with Crippen LogP contribution in [0, 0.1) is 0 Å². The first-order valence-corrected chi connectivity index (χ1v) is 6.86. The van der Waals surface area contributed by atoms with Crippen LogP contribution in [0.15, 0.2) is 0 Å². The molecule has 1 saturated heterocycles. The molecule has 6 heteroatoms. The topological polar surface area (TPSA) is 59.6 Å². The summed E-state index contributed by atoms with van der Waals surface area (Å²) in [6.45, 7) is 8.51. The molecule has 0 radical (unpaired) electrons. The zero-order valence-corrected chi connectivity index (χ0v) is 12.9. The van der Waals surface area contributed by atoms with Crippen molar-refractivity contribution in [3.63, 3.8) is 0 Å². The quantitative estimate of drug-likeness (QED) is 0.691. The van der Waals surface area contributed by atoms with Crippen molar-refractivity contribution in [1.29, 1.82) is 0 Å². The Hall–Kier alpha value is -0.360. The van der Waals surface area contributed by atoms with E-state index in [2.05, 4.69) is 17.6 Å². The zero-order valence-electron chi connectivity index (χ0n) is 12.1. The number of nitrogens with one attached hydrogen (secondary N) is 2. The summed E-state index contributed by atoms with van der Waals surface area (Å²) in [6, 6.07) is 0.741. The molecule has 0 aromatic carbocycles. The van der Waals surface area contributed by atoms with Crippen molar-refractivity contribution < 1.29 is 14.3 Å². The van der Waals surface area contributed by atoms with E-state index in [-0.39, 0.29) is 24.4 Å². The second-order valence-electron chi connectivity index (χ2n) is 4.80. The fraction of sp³-hybridized carbons (Fsp3) is 0.923. The van der Waals surface area contributed by atoms with E-state index in [9.17, 15) is 4.79 Å². The van der Waals surface area contributed by atoms with E-state index in [0.717, 1.165) is 19.4 Å². The fourth-order valence-electron chi connectivity index (χ4n) is 2.09. The lowest BCUT2D eigenvalue weighted by molar-refractivity contribution is -0.133. The largest absolute Gasteiger partial charge is 0.379 e. The van der Waals surface area contributed by atoms with Gasteiger partial charge in [0, 0.05) is 18.7 Å². The van der Waals surface area contributed by atoms with Gasteiger partial charge in [0.15, 0.2) is 0 Å². The summed E-state index contributed by atoms with van der Waals surface area (Å²) < 4.78 is 10.6. The Morgan fingerprint density at radius 1 is 1.47 bits per heavy atom. The predicted octanol–water partition coefficient (Wildman–Crippen LogP) is 1.11. The molecule has 19 heavy (non-hydrogen) atoms. The Morgan fingerprint density at radius 2 is 2.21 bits per heavy atom. The first-order chi connectivity index (χ1) is 8.63. The van der Waals surface area contributed by atoms with Crippen molar-refractivity contribution in [3.05, 3.63) is 0 Å². The van der Waals surface area contributed by atoms with Gasteiger partial charge in [-0.05, 0) is 40.2 Å². The second kappa shape index (κ2) is 10.4. The molecule has 0 bridgehead atoms. The lowest BCUT2D eigenvalue weighted by Crippen LogP contribution is -2.49. The Labute approximate surface area is 122 Å². The number of halogens is 1. The minimum Gasteiger partial charge on any atom is -0.379 e. The smallest absolute Gasteiger partial charge is 0.249 e. The molecule has 0 aromatic rings. The monoisotopic (exact) mass is 294 g/mol. The van der Waals surface area contributed by atoms with Gasteiger partial charge in [0.1, 0.15) is 6.10 Å². The molecule has 0 aromatic heterocycles. The second-order valence-corrected chi connectivity index (χ2v) is 4.80. The average molecular weight is 295 g/mol. The molecule has 0 saturated carbocycles. The van der Waals surface area contributed by atoms with E-state index in [1.165, 1.54) is 0 Å². The summed E-state index contributed by atoms with van der Waals surface area (Å²) in [4.78, 5) is 11.9. The van der Waals surface area contributed by atoms with Crippen molar-refractivity contribution in [1.82, 2.24) is 10.6 Å². The highest BCUT2D eigenvalue weighted by Crippen LogP contribution is 2.08. The molecule has 1 rings (SSSR count). The maximum atomic E-state index is 11.9. The van der Waals surface area contributed by atoms with Crippen molar-refractivity contribution in [2.24, 2.45) is 0 Å².